The van der Waals surface area contributed by atoms with Crippen LogP contribution in [0.2, 0.25) is 0 Å². The van der Waals surface area contributed by atoms with Crippen LogP contribution in [0.4, 0.5) is 0 Å². The molecule has 0 aromatic carbocycles. The number of esters is 1. The molecule has 8 bridgehead atoms. The summed E-state index contributed by atoms with van der Waals surface area (Å²) in [5.74, 6) is -0.157. The summed E-state index contributed by atoms with van der Waals surface area (Å²) in [5.41, 5.74) is 7.86. The summed E-state index contributed by atoms with van der Waals surface area (Å²) in [6.07, 6.45) is 8.56. The van der Waals surface area contributed by atoms with Crippen LogP contribution in [0.1, 0.15) is 36.1 Å². The van der Waals surface area contributed by atoms with E-state index < -0.39 is 0 Å². The number of methoxy groups -OCH3 is 1. The van der Waals surface area contributed by atoms with Gasteiger partial charge in [0.25, 0.3) is 0 Å². The standard InChI is InChI=1S/C20H14N4.C4H8O2.2ClH/c1-2-14-10-16-5-6-18(23-16)12-20-8-7-19(24-20)11-17-4-3-15(22-17)9-13(1)21-14;1-3-4(5)6-2;;/h1-12,21,24H;3H2,1-2H3;2*1H. The van der Waals surface area contributed by atoms with Crippen LogP contribution in [0.5, 0.6) is 0 Å². The second-order valence-electron chi connectivity index (χ2n) is 6.83. The van der Waals surface area contributed by atoms with E-state index in [-0.39, 0.29) is 30.8 Å². The van der Waals surface area contributed by atoms with Gasteiger partial charge in [-0.05, 0) is 72.8 Å². The molecule has 8 heteroatoms. The van der Waals surface area contributed by atoms with Gasteiger partial charge in [0.1, 0.15) is 0 Å². The summed E-state index contributed by atoms with van der Waals surface area (Å²) >= 11 is 0. The molecule has 2 N–H and O–H groups in total. The van der Waals surface area contributed by atoms with Crippen molar-refractivity contribution in [2.24, 2.45) is 0 Å². The number of fused-ring (bicyclic) bond motifs is 8. The first-order chi connectivity index (χ1) is 14.6. The van der Waals surface area contributed by atoms with Gasteiger partial charge in [0.05, 0.1) is 29.9 Å². The Kier molecular flexibility index (Phi) is 8.81. The number of carbonyl (C=O) groups is 1. The van der Waals surface area contributed by atoms with Gasteiger partial charge < -0.3 is 14.7 Å². The Balaban J connectivity index is 0.000000406. The number of aromatic nitrogens is 4. The molecule has 5 heterocycles. The number of rotatable bonds is 1. The number of H-pyrrole nitrogens is 2. The van der Waals surface area contributed by atoms with Crippen molar-refractivity contribution in [3.63, 3.8) is 0 Å². The molecular formula is C24H24Cl2N4O2. The molecule has 3 aromatic heterocycles. The van der Waals surface area contributed by atoms with E-state index in [1.807, 2.05) is 48.6 Å². The molecule has 0 amide bonds. The second-order valence-corrected chi connectivity index (χ2v) is 6.83. The number of ether oxygens (including phenoxy) is 1. The minimum absolute atomic E-state index is 0. The third-order valence-corrected chi connectivity index (χ3v) is 4.56. The lowest BCUT2D eigenvalue weighted by Crippen LogP contribution is -1.94. The van der Waals surface area contributed by atoms with E-state index in [2.05, 4.69) is 48.9 Å². The van der Waals surface area contributed by atoms with Gasteiger partial charge in [0.2, 0.25) is 0 Å². The van der Waals surface area contributed by atoms with Gasteiger partial charge in [-0.25, -0.2) is 9.97 Å². The zero-order valence-electron chi connectivity index (χ0n) is 17.7. The first kappa shape index (κ1) is 24.9. The Morgan fingerprint density at radius 1 is 0.719 bits per heavy atom. The molecule has 0 spiro atoms. The molecular weight excluding hydrogens is 447 g/mol. The highest BCUT2D eigenvalue weighted by atomic mass is 35.5. The molecule has 3 aromatic rings. The molecule has 2 aliphatic heterocycles. The number of hydrogen-bond acceptors (Lipinski definition) is 4. The normalized spacial score (nSPS) is 10.9. The SMILES string of the molecule is C1=Cc2cc3ccc(cc4nc(cc5ccc(cc1n2)[nH]5)C=C4)[nH]3.CCC(=O)OC.Cl.Cl. The highest BCUT2D eigenvalue weighted by Gasteiger charge is 2.01. The number of nitrogens with one attached hydrogen (secondary N) is 2. The topological polar surface area (TPSA) is 83.7 Å². The molecule has 0 radical (unpaired) electrons. The van der Waals surface area contributed by atoms with E-state index in [1.165, 1.54) is 7.11 Å². The quantitative estimate of drug-likeness (QED) is 0.291. The summed E-state index contributed by atoms with van der Waals surface area (Å²) in [7, 11) is 1.38. The first-order valence-corrected chi connectivity index (χ1v) is 9.72. The second kappa shape index (κ2) is 11.3. The summed E-state index contributed by atoms with van der Waals surface area (Å²) in [6.45, 7) is 1.76. The largest absolute Gasteiger partial charge is 0.469 e. The van der Waals surface area contributed by atoms with Crippen molar-refractivity contribution >= 4 is 77.2 Å². The van der Waals surface area contributed by atoms with Crippen molar-refractivity contribution in [1.82, 2.24) is 19.9 Å². The smallest absolute Gasteiger partial charge is 0.305 e. The van der Waals surface area contributed by atoms with Gasteiger partial charge in [-0.3, -0.25) is 4.79 Å². The fraction of sp³-hybridized carbons (Fsp3) is 0.125. The van der Waals surface area contributed by atoms with Gasteiger partial charge in [-0.15, -0.1) is 24.8 Å². The molecule has 32 heavy (non-hydrogen) atoms. The van der Waals surface area contributed by atoms with Gasteiger partial charge in [0.15, 0.2) is 0 Å². The summed E-state index contributed by atoms with van der Waals surface area (Å²) in [6, 6.07) is 16.4. The number of hydrogen-bond donors (Lipinski definition) is 2. The summed E-state index contributed by atoms with van der Waals surface area (Å²) in [4.78, 5) is 26.0. The number of halogens is 2. The van der Waals surface area contributed by atoms with Crippen molar-refractivity contribution in [3.8, 4) is 0 Å². The van der Waals surface area contributed by atoms with Crippen LogP contribution in [-0.4, -0.2) is 33.0 Å². The van der Waals surface area contributed by atoms with Crippen molar-refractivity contribution in [2.75, 3.05) is 7.11 Å². The van der Waals surface area contributed by atoms with Gasteiger partial charge in [-0.2, -0.15) is 0 Å². The molecule has 2 aliphatic rings. The van der Waals surface area contributed by atoms with Crippen LogP contribution in [0, 0.1) is 0 Å². The van der Waals surface area contributed by atoms with E-state index in [9.17, 15) is 4.79 Å². The van der Waals surface area contributed by atoms with Crippen LogP contribution < -0.4 is 0 Å². The molecule has 5 rings (SSSR count). The lowest BCUT2D eigenvalue weighted by Gasteiger charge is -1.87. The molecule has 0 unspecified atom stereocenters. The Labute approximate surface area is 198 Å². The predicted molar refractivity (Wildman–Crippen MR) is 136 cm³/mol. The molecule has 0 aliphatic carbocycles. The van der Waals surface area contributed by atoms with Gasteiger partial charge >= 0.3 is 5.97 Å². The third kappa shape index (κ3) is 6.33. The first-order valence-electron chi connectivity index (χ1n) is 9.72. The van der Waals surface area contributed by atoms with E-state index >= 15 is 0 Å². The zero-order chi connectivity index (χ0) is 20.9. The minimum atomic E-state index is -0.157. The van der Waals surface area contributed by atoms with Crippen molar-refractivity contribution in [1.29, 1.82) is 0 Å². The van der Waals surface area contributed by atoms with Crippen LogP contribution in [-0.2, 0) is 9.53 Å². The molecule has 0 fully saturated rings. The highest BCUT2D eigenvalue weighted by Crippen LogP contribution is 2.16. The average molecular weight is 471 g/mol. The fourth-order valence-electron chi connectivity index (χ4n) is 3.09. The zero-order valence-corrected chi connectivity index (χ0v) is 19.3. The van der Waals surface area contributed by atoms with Crippen LogP contribution in [0.3, 0.4) is 0 Å². The molecule has 6 nitrogen and oxygen atoms in total. The van der Waals surface area contributed by atoms with Crippen LogP contribution in [0.25, 0.3) is 46.4 Å². The summed E-state index contributed by atoms with van der Waals surface area (Å²) < 4.78 is 4.26. The van der Waals surface area contributed by atoms with Crippen molar-refractivity contribution < 1.29 is 9.53 Å². The van der Waals surface area contributed by atoms with E-state index in [0.29, 0.717) is 6.42 Å². The number of aromatic amines is 2. The lowest BCUT2D eigenvalue weighted by molar-refractivity contribution is -0.140. The number of carbonyl (C=O) groups excluding carboxylic acids is 1. The monoisotopic (exact) mass is 470 g/mol. The van der Waals surface area contributed by atoms with Crippen LogP contribution in [0.15, 0.2) is 48.5 Å². The summed E-state index contributed by atoms with van der Waals surface area (Å²) in [5, 5.41) is 0. The predicted octanol–water partition coefficient (Wildman–Crippen LogP) is 6.07. The molecule has 0 saturated heterocycles. The van der Waals surface area contributed by atoms with Crippen LogP contribution >= 0.6 is 24.8 Å². The molecule has 0 atom stereocenters. The van der Waals surface area contributed by atoms with E-state index in [4.69, 9.17) is 0 Å². The van der Waals surface area contributed by atoms with E-state index in [0.717, 1.165) is 44.8 Å². The number of nitrogens with zero attached hydrogens (tertiary/aromatic N) is 2. The Morgan fingerprint density at radius 2 is 1.03 bits per heavy atom. The van der Waals surface area contributed by atoms with Gasteiger partial charge in [-0.1, -0.05) is 6.92 Å². The fourth-order valence-corrected chi connectivity index (χ4v) is 3.09. The molecule has 166 valence electrons. The third-order valence-electron chi connectivity index (χ3n) is 4.56. The van der Waals surface area contributed by atoms with Crippen molar-refractivity contribution in [2.45, 2.75) is 13.3 Å². The Morgan fingerprint density at radius 3 is 1.25 bits per heavy atom. The molecule has 0 saturated carbocycles. The maximum absolute atomic E-state index is 9.96. The van der Waals surface area contributed by atoms with E-state index in [1.54, 1.807) is 6.92 Å². The lowest BCUT2D eigenvalue weighted by atomic mass is 10.3. The average Bonchev–Trinajstić information content (AvgIpc) is 3.53. The minimum Gasteiger partial charge on any atom is -0.469 e. The Hall–Kier alpha value is -3.35. The van der Waals surface area contributed by atoms with Gasteiger partial charge in [0, 0.05) is 28.5 Å². The maximum atomic E-state index is 9.96. The Bertz CT molecular complexity index is 1130. The highest BCUT2D eigenvalue weighted by molar-refractivity contribution is 5.85. The maximum Gasteiger partial charge on any atom is 0.305 e. The van der Waals surface area contributed by atoms with Crippen molar-refractivity contribution in [3.05, 3.63) is 71.3 Å².